The van der Waals surface area contributed by atoms with Crippen molar-refractivity contribution in [2.24, 2.45) is 0 Å². The van der Waals surface area contributed by atoms with Crippen LogP contribution in [0, 0.1) is 0 Å². The van der Waals surface area contributed by atoms with Crippen molar-refractivity contribution < 1.29 is 9.53 Å². The molecule has 1 N–H and O–H groups in total. The number of halogens is 1. The second-order valence-corrected chi connectivity index (χ2v) is 7.45. The third kappa shape index (κ3) is 5.35. The van der Waals surface area contributed by atoms with Gasteiger partial charge in [0.15, 0.2) is 0 Å². The second kappa shape index (κ2) is 7.16. The Morgan fingerprint density at radius 2 is 2.05 bits per heavy atom. The molecule has 5 heteroatoms. The first kappa shape index (κ1) is 16.8. The summed E-state index contributed by atoms with van der Waals surface area (Å²) in [5.74, 6) is 0. The normalized spacial score (nSPS) is 11.3. The Morgan fingerprint density at radius 1 is 1.32 bits per heavy atom. The first-order valence-electron chi connectivity index (χ1n) is 7.10. The Morgan fingerprint density at radius 3 is 2.73 bits per heavy atom. The molecule has 1 aromatic heterocycles. The molecule has 0 spiro atoms. The van der Waals surface area contributed by atoms with Crippen LogP contribution in [0.4, 0.5) is 4.79 Å². The molecule has 2 aromatic rings. The predicted octanol–water partition coefficient (Wildman–Crippen LogP) is 5.02. The Balaban J connectivity index is 1.89. The number of rotatable bonds is 4. The van der Waals surface area contributed by atoms with Gasteiger partial charge in [0.2, 0.25) is 0 Å². The predicted molar refractivity (Wildman–Crippen MR) is 91.7 cm³/mol. The number of nitrogens with one attached hydrogen (secondary N) is 1. The van der Waals surface area contributed by atoms with Crippen molar-refractivity contribution in [1.82, 2.24) is 5.32 Å². The highest BCUT2D eigenvalue weighted by Crippen LogP contribution is 2.22. The molecular formula is C17H20ClNO2S. The minimum atomic E-state index is -0.477. The number of amides is 1. The molecule has 1 aromatic carbocycles. The summed E-state index contributed by atoms with van der Waals surface area (Å²) in [5.41, 5.74) is 1.82. The van der Waals surface area contributed by atoms with Crippen LogP contribution < -0.4 is 5.32 Å². The molecule has 118 valence electrons. The standard InChI is InChI=1S/C17H20ClNO2S/c1-17(2,3)21-16(20)19-10-14-9-12(11-22-14)8-13-6-4-5-7-15(13)18/h4-7,9,11H,8,10H2,1-3H3,(H,19,20). The van der Waals surface area contributed by atoms with Crippen LogP contribution in [0.15, 0.2) is 35.7 Å². The maximum absolute atomic E-state index is 11.6. The van der Waals surface area contributed by atoms with Gasteiger partial charge in [-0.3, -0.25) is 0 Å². The maximum atomic E-state index is 11.6. The van der Waals surface area contributed by atoms with E-state index in [-0.39, 0.29) is 0 Å². The lowest BCUT2D eigenvalue weighted by molar-refractivity contribution is 0.0524. The van der Waals surface area contributed by atoms with Crippen molar-refractivity contribution in [3.05, 3.63) is 56.7 Å². The van der Waals surface area contributed by atoms with E-state index in [1.54, 1.807) is 11.3 Å². The smallest absolute Gasteiger partial charge is 0.407 e. The van der Waals surface area contributed by atoms with E-state index >= 15 is 0 Å². The van der Waals surface area contributed by atoms with E-state index in [0.29, 0.717) is 6.54 Å². The molecule has 0 saturated heterocycles. The highest BCUT2D eigenvalue weighted by atomic mass is 35.5. The first-order chi connectivity index (χ1) is 10.3. The molecule has 0 radical (unpaired) electrons. The van der Waals surface area contributed by atoms with Crippen molar-refractivity contribution in [3.8, 4) is 0 Å². The molecule has 3 nitrogen and oxygen atoms in total. The molecule has 0 aliphatic rings. The number of carbonyl (C=O) groups is 1. The summed E-state index contributed by atoms with van der Waals surface area (Å²) in [4.78, 5) is 12.7. The van der Waals surface area contributed by atoms with E-state index in [9.17, 15) is 4.79 Å². The summed E-state index contributed by atoms with van der Waals surface area (Å²) in [6, 6.07) is 9.92. The van der Waals surface area contributed by atoms with Crippen molar-refractivity contribution in [1.29, 1.82) is 0 Å². The van der Waals surface area contributed by atoms with Crippen LogP contribution in [0.1, 0.15) is 36.8 Å². The monoisotopic (exact) mass is 337 g/mol. The van der Waals surface area contributed by atoms with Crippen molar-refractivity contribution in [2.75, 3.05) is 0 Å². The van der Waals surface area contributed by atoms with E-state index in [1.807, 2.05) is 45.0 Å². The first-order valence-corrected chi connectivity index (χ1v) is 8.36. The van der Waals surface area contributed by atoms with Crippen LogP contribution in [-0.2, 0) is 17.7 Å². The molecule has 0 bridgehead atoms. The Bertz CT molecular complexity index is 646. The van der Waals surface area contributed by atoms with Crippen LogP contribution in [0.3, 0.4) is 0 Å². The summed E-state index contributed by atoms with van der Waals surface area (Å²) in [6.07, 6.45) is 0.399. The molecular weight excluding hydrogens is 318 g/mol. The average molecular weight is 338 g/mol. The topological polar surface area (TPSA) is 38.3 Å². The van der Waals surface area contributed by atoms with E-state index in [1.165, 1.54) is 5.56 Å². The van der Waals surface area contributed by atoms with Crippen molar-refractivity contribution in [2.45, 2.75) is 39.3 Å². The summed E-state index contributed by atoms with van der Waals surface area (Å²) < 4.78 is 5.21. The molecule has 0 atom stereocenters. The Labute approximate surface area is 140 Å². The molecule has 22 heavy (non-hydrogen) atoms. The molecule has 2 rings (SSSR count). The minimum Gasteiger partial charge on any atom is -0.444 e. The number of ether oxygens (including phenoxy) is 1. The lowest BCUT2D eigenvalue weighted by atomic mass is 10.1. The Kier molecular flexibility index (Phi) is 5.48. The highest BCUT2D eigenvalue weighted by Gasteiger charge is 2.15. The fraction of sp³-hybridized carbons (Fsp3) is 0.353. The Hall–Kier alpha value is -1.52. The quantitative estimate of drug-likeness (QED) is 0.851. The number of carbonyl (C=O) groups excluding carboxylic acids is 1. The molecule has 0 unspecified atom stereocenters. The molecule has 1 amide bonds. The van der Waals surface area contributed by atoms with E-state index in [2.05, 4.69) is 16.8 Å². The zero-order valence-electron chi connectivity index (χ0n) is 13.0. The van der Waals surface area contributed by atoms with Gasteiger partial charge in [0, 0.05) is 9.90 Å². The number of hydrogen-bond donors (Lipinski definition) is 1. The zero-order chi connectivity index (χ0) is 16.2. The minimum absolute atomic E-state index is 0.395. The molecule has 0 aliphatic carbocycles. The number of alkyl carbamates (subject to hydrolysis) is 1. The maximum Gasteiger partial charge on any atom is 0.407 e. The van der Waals surface area contributed by atoms with Gasteiger partial charge < -0.3 is 10.1 Å². The van der Waals surface area contributed by atoms with Gasteiger partial charge in [-0.15, -0.1) is 11.3 Å². The highest BCUT2D eigenvalue weighted by molar-refractivity contribution is 7.10. The molecule has 0 saturated carbocycles. The summed E-state index contributed by atoms with van der Waals surface area (Å²) in [7, 11) is 0. The van der Waals surface area contributed by atoms with E-state index in [4.69, 9.17) is 16.3 Å². The summed E-state index contributed by atoms with van der Waals surface area (Å²) >= 11 is 7.80. The fourth-order valence-corrected chi connectivity index (χ4v) is 2.98. The van der Waals surface area contributed by atoms with Gasteiger partial charge >= 0.3 is 6.09 Å². The zero-order valence-corrected chi connectivity index (χ0v) is 14.6. The van der Waals surface area contributed by atoms with Gasteiger partial charge in [0.25, 0.3) is 0 Å². The number of hydrogen-bond acceptors (Lipinski definition) is 3. The van der Waals surface area contributed by atoms with Gasteiger partial charge in [-0.2, -0.15) is 0 Å². The van der Waals surface area contributed by atoms with Crippen LogP contribution in [0.2, 0.25) is 5.02 Å². The van der Waals surface area contributed by atoms with Crippen molar-refractivity contribution >= 4 is 29.0 Å². The SMILES string of the molecule is CC(C)(C)OC(=O)NCc1cc(Cc2ccccc2Cl)cs1. The lowest BCUT2D eigenvalue weighted by Crippen LogP contribution is -2.31. The largest absolute Gasteiger partial charge is 0.444 e. The van der Waals surface area contributed by atoms with Crippen molar-refractivity contribution in [3.63, 3.8) is 0 Å². The second-order valence-electron chi connectivity index (χ2n) is 6.04. The fourth-order valence-electron chi connectivity index (χ4n) is 1.95. The van der Waals surface area contributed by atoms with Gasteiger partial charge in [-0.25, -0.2) is 4.79 Å². The third-order valence-corrected chi connectivity index (χ3v) is 4.22. The third-order valence-electron chi connectivity index (χ3n) is 2.87. The van der Waals surface area contributed by atoms with E-state index < -0.39 is 11.7 Å². The van der Waals surface area contributed by atoms with Gasteiger partial charge in [-0.05, 0) is 55.8 Å². The summed E-state index contributed by atoms with van der Waals surface area (Å²) in [6.45, 7) is 6.01. The van der Waals surface area contributed by atoms with Crippen LogP contribution in [0.5, 0.6) is 0 Å². The number of thiophene rings is 1. The number of benzene rings is 1. The molecule has 0 aliphatic heterocycles. The summed E-state index contributed by atoms with van der Waals surface area (Å²) in [5, 5.41) is 5.64. The van der Waals surface area contributed by atoms with Crippen LogP contribution in [0.25, 0.3) is 0 Å². The van der Waals surface area contributed by atoms with Crippen LogP contribution in [-0.4, -0.2) is 11.7 Å². The van der Waals surface area contributed by atoms with Crippen LogP contribution >= 0.6 is 22.9 Å². The van der Waals surface area contributed by atoms with Gasteiger partial charge in [-0.1, -0.05) is 29.8 Å². The lowest BCUT2D eigenvalue weighted by Gasteiger charge is -2.19. The van der Waals surface area contributed by atoms with Gasteiger partial charge in [0.1, 0.15) is 5.60 Å². The van der Waals surface area contributed by atoms with E-state index in [0.717, 1.165) is 21.9 Å². The molecule has 0 fully saturated rings. The van der Waals surface area contributed by atoms with Gasteiger partial charge in [0.05, 0.1) is 6.54 Å². The molecule has 1 heterocycles. The average Bonchev–Trinajstić information content (AvgIpc) is 2.85.